The van der Waals surface area contributed by atoms with Gasteiger partial charge in [0, 0.05) is 90.4 Å². The molecule has 4 aliphatic heterocycles. The van der Waals surface area contributed by atoms with Crippen molar-refractivity contribution in [3.63, 3.8) is 0 Å². The first-order valence-electron chi connectivity index (χ1n) is 36.4. The molecule has 7 heterocycles. The molecule has 36 heteroatoms. The molecule has 7 amide bonds. The third-order valence-electron chi connectivity index (χ3n) is 17.3. The van der Waals surface area contributed by atoms with Gasteiger partial charge in [-0.1, -0.05) is 94.9 Å². The number of pyridine rings is 1. The summed E-state index contributed by atoms with van der Waals surface area (Å²) in [4.78, 5) is 99.5. The maximum atomic E-state index is 12.9. The molecule has 0 aliphatic carbocycles. The summed E-state index contributed by atoms with van der Waals surface area (Å²) in [5.41, 5.74) is 5.74. The Bertz CT molecular complexity index is 4840. The molecule has 3 fully saturated rings. The SMILES string of the molecule is C=C1CCC(=O)N1C(C)C.CC(C)N1C(=O)CC(S(C)(=O)=O)C1=O.CC(C)N1C(=O)CC(S(C)(=O)=O)C1=O.CC(C)N1C(=O)c2ccccc2C1=O.CC(C)c1c(F)c(F)c(F)c(F)c1F.CC(C)c1c(F)c(F)cc(F)c1F.CC(C)c1ccc([N+](=O)[O-])cc1.CC(C)n1nnc2ccccc21.CC(C)n1nnc2cccnc21. The van der Waals surface area contributed by atoms with Crippen LogP contribution >= 0.6 is 0 Å². The largest absolute Gasteiger partial charge is 0.314 e. The summed E-state index contributed by atoms with van der Waals surface area (Å²) >= 11 is 0. The zero-order valence-corrected chi connectivity index (χ0v) is 69.1. The lowest BCUT2D eigenvalue weighted by Crippen LogP contribution is -2.39. The zero-order valence-electron chi connectivity index (χ0n) is 67.5. The molecule has 8 aromatic rings. The van der Waals surface area contributed by atoms with Crippen LogP contribution in [0.25, 0.3) is 22.2 Å². The van der Waals surface area contributed by atoms with Crippen LogP contribution in [0.5, 0.6) is 0 Å². The van der Waals surface area contributed by atoms with Crippen molar-refractivity contribution >= 4 is 88.9 Å². The van der Waals surface area contributed by atoms with Crippen LogP contribution in [-0.4, -0.2) is 165 Å². The van der Waals surface area contributed by atoms with E-state index in [1.807, 2.05) is 73.5 Å². The average molecular weight is 1660 g/mol. The molecule has 0 N–H and O–H groups in total. The molecule has 0 bridgehead atoms. The smallest absolute Gasteiger partial charge is 0.269 e. The van der Waals surface area contributed by atoms with E-state index in [9.17, 15) is 100 Å². The van der Waals surface area contributed by atoms with Crippen molar-refractivity contribution in [3.8, 4) is 0 Å². The van der Waals surface area contributed by atoms with Gasteiger partial charge >= 0.3 is 0 Å². The number of para-hydroxylation sites is 1. The topological polar surface area (TPSA) is 318 Å². The molecule has 2 unspecified atom stereocenters. The Morgan fingerprint density at radius 2 is 0.826 bits per heavy atom. The van der Waals surface area contributed by atoms with Crippen LogP contribution in [0.3, 0.4) is 0 Å². The fourth-order valence-electron chi connectivity index (χ4n) is 11.6. The van der Waals surface area contributed by atoms with E-state index in [0.717, 1.165) is 62.2 Å². The molecule has 0 spiro atoms. The molecule has 0 radical (unpaired) electrons. The lowest BCUT2D eigenvalue weighted by molar-refractivity contribution is -0.384. The Morgan fingerprint density at radius 1 is 0.443 bits per heavy atom. The molecule has 5 aromatic carbocycles. The first-order valence-corrected chi connectivity index (χ1v) is 40.3. The van der Waals surface area contributed by atoms with Gasteiger partial charge in [-0.3, -0.25) is 58.4 Å². The molecular weight excluding hydrogens is 1560 g/mol. The number of nitro benzene ring substituents is 1. The van der Waals surface area contributed by atoms with Gasteiger partial charge < -0.3 is 4.90 Å². The van der Waals surface area contributed by atoms with Gasteiger partial charge in [0.05, 0.1) is 40.5 Å². The van der Waals surface area contributed by atoms with E-state index in [4.69, 9.17) is 0 Å². The second-order valence-electron chi connectivity index (χ2n) is 29.2. The minimum atomic E-state index is -3.46. The number of halogens is 9. The van der Waals surface area contributed by atoms with E-state index in [2.05, 4.69) is 73.7 Å². The molecule has 4 aliphatic rings. The fraction of sp³-hybridized carbons (Fsp3) is 0.443. The molecule has 2 atom stereocenters. The van der Waals surface area contributed by atoms with Gasteiger partial charge in [0.1, 0.15) is 21.5 Å². The van der Waals surface area contributed by atoms with Crippen molar-refractivity contribution < 1.29 is 94.8 Å². The Balaban J connectivity index is 0.000000273. The number of carbonyl (C=O) groups is 7. The zero-order chi connectivity index (χ0) is 87.7. The standard InChI is InChI=1S/C11H11NO2.C9H7F5.C9H8F4.C9H11N3.C9H11NO2.C8H10N4.2C8H13NO4S.C8H13NO/c1-7(2)12-10(13)8-5-3-4-6-9(8)11(12)14;1-3(2)4-5(10)7(12)9(14)8(13)6(4)11;1-4(2)7-8(12)5(10)3-6(11)9(7)13;1-7(2)12-9-6-4-3-5-8(9)10-11-12;1-7(2)8-3-5-9(6-4-8)10(11)12;1-6(2)12-8-7(10-11-12)4-3-5-9-8;2*1-5(2)9-7(10)4-6(8(9)11)14(3,12)13;1-6(2)9-7(3)4-5-8(9)10/h3-7H,1-2H3;3H,1-2H3;3-4H,1-2H3;2*3-7H,1-2H3;3-6H,1-2H3;2*5-6H,4H2,1-3H3;6H,3-5H2,1-2H3. The van der Waals surface area contributed by atoms with E-state index < -0.39 is 129 Å². The number of rotatable bonds is 12. The lowest BCUT2D eigenvalue weighted by atomic mass is 10.0. The van der Waals surface area contributed by atoms with E-state index in [1.165, 1.54) is 44.7 Å². The molecule has 0 saturated carbocycles. The van der Waals surface area contributed by atoms with E-state index in [1.54, 1.807) is 75.2 Å². The highest BCUT2D eigenvalue weighted by Gasteiger charge is 2.47. The number of allylic oxidation sites excluding steroid dienone is 1. The summed E-state index contributed by atoms with van der Waals surface area (Å²) in [6, 6.07) is 25.9. The number of benzene rings is 5. The Labute approximate surface area is 662 Å². The van der Waals surface area contributed by atoms with Gasteiger partial charge in [0.25, 0.3) is 17.5 Å². The summed E-state index contributed by atoms with van der Waals surface area (Å²) < 4.78 is 163. The number of non-ortho nitro benzene ring substituents is 1. The van der Waals surface area contributed by atoms with Gasteiger partial charge in [-0.05, 0) is 149 Å². The number of fused-ring (bicyclic) bond motifs is 3. The highest BCUT2D eigenvalue weighted by molar-refractivity contribution is 7.92. The number of amides is 7. The quantitative estimate of drug-likeness (QED) is 0.0274. The number of hydrogen-bond donors (Lipinski definition) is 0. The highest BCUT2D eigenvalue weighted by atomic mass is 32.2. The van der Waals surface area contributed by atoms with Crippen LogP contribution in [0.2, 0.25) is 0 Å². The van der Waals surface area contributed by atoms with Crippen molar-refractivity contribution in [1.82, 2.24) is 54.6 Å². The molecule has 3 saturated heterocycles. The molecule has 25 nitrogen and oxygen atoms in total. The number of aromatic nitrogens is 7. The number of carbonyl (C=O) groups excluding carboxylic acids is 7. The first kappa shape index (κ1) is 96.7. The minimum absolute atomic E-state index is 0.0811. The number of sulfone groups is 2. The Morgan fingerprint density at radius 3 is 1.17 bits per heavy atom. The third kappa shape index (κ3) is 24.7. The van der Waals surface area contributed by atoms with Gasteiger partial charge in [-0.25, -0.2) is 70.7 Å². The molecule has 626 valence electrons. The van der Waals surface area contributed by atoms with Crippen LogP contribution in [0.4, 0.5) is 45.2 Å². The monoisotopic (exact) mass is 1660 g/mol. The number of nitrogens with zero attached hydrogens (tertiary/aromatic N) is 12. The second-order valence-corrected chi connectivity index (χ2v) is 33.7. The number of nitro groups is 1. The second kappa shape index (κ2) is 41.6. The summed E-state index contributed by atoms with van der Waals surface area (Å²) in [5, 5.41) is 24.1. The van der Waals surface area contributed by atoms with Crippen molar-refractivity contribution in [2.45, 2.75) is 215 Å². The van der Waals surface area contributed by atoms with Gasteiger partial charge in [0.15, 0.2) is 71.9 Å². The first-order chi connectivity index (χ1) is 53.3. The fourth-order valence-corrected chi connectivity index (χ4v) is 13.5. The minimum Gasteiger partial charge on any atom is -0.314 e. The van der Waals surface area contributed by atoms with Crippen LogP contribution in [-0.2, 0) is 43.6 Å². The van der Waals surface area contributed by atoms with Gasteiger partial charge in [-0.15, -0.1) is 10.2 Å². The van der Waals surface area contributed by atoms with Gasteiger partial charge in [0.2, 0.25) is 35.4 Å². The molecular formula is C79H97F9N12O13S2. The summed E-state index contributed by atoms with van der Waals surface area (Å²) in [6.07, 6.45) is 4.78. The third-order valence-corrected chi connectivity index (χ3v) is 20.2. The van der Waals surface area contributed by atoms with Crippen LogP contribution in [0.1, 0.15) is 218 Å². The van der Waals surface area contributed by atoms with E-state index >= 15 is 0 Å². The van der Waals surface area contributed by atoms with Crippen molar-refractivity contribution in [2.75, 3.05) is 12.5 Å². The van der Waals surface area contributed by atoms with Gasteiger partial charge in [-0.2, -0.15) is 0 Å². The highest BCUT2D eigenvalue weighted by Crippen LogP contribution is 2.31. The van der Waals surface area contributed by atoms with Crippen LogP contribution < -0.4 is 0 Å². The predicted octanol–water partition coefficient (Wildman–Crippen LogP) is 15.4. The lowest BCUT2D eigenvalue weighted by Gasteiger charge is -2.21. The Hall–Kier alpha value is -10.7. The number of hydrogen-bond acceptors (Lipinski definition) is 18. The Kier molecular flexibility index (Phi) is 35.0. The number of likely N-dealkylation sites (tertiary alicyclic amines) is 3. The average Bonchev–Trinajstić information content (AvgIpc) is 1.41. The molecule has 3 aromatic heterocycles. The summed E-state index contributed by atoms with van der Waals surface area (Å²) in [7, 11) is -6.93. The van der Waals surface area contributed by atoms with Crippen LogP contribution in [0, 0.1) is 62.5 Å². The predicted molar refractivity (Wildman–Crippen MR) is 414 cm³/mol. The summed E-state index contributed by atoms with van der Waals surface area (Å²) in [6.45, 7) is 36.3. The molecule has 12 rings (SSSR count). The van der Waals surface area contributed by atoms with Crippen molar-refractivity contribution in [1.29, 1.82) is 0 Å². The van der Waals surface area contributed by atoms with E-state index in [-0.39, 0.29) is 71.4 Å². The maximum absolute atomic E-state index is 12.9. The summed E-state index contributed by atoms with van der Waals surface area (Å²) in [5.74, 6) is -17.8. The normalized spacial score (nSPS) is 15.3. The molecule has 115 heavy (non-hydrogen) atoms. The van der Waals surface area contributed by atoms with Crippen molar-refractivity contribution in [2.24, 2.45) is 0 Å². The van der Waals surface area contributed by atoms with Crippen molar-refractivity contribution in [3.05, 3.63) is 200 Å². The van der Waals surface area contributed by atoms with E-state index in [0.29, 0.717) is 35.5 Å². The number of imide groups is 3. The maximum Gasteiger partial charge on any atom is 0.269 e. The van der Waals surface area contributed by atoms with Crippen LogP contribution in [0.15, 0.2) is 109 Å².